The molecule has 0 radical (unpaired) electrons. The molecule has 174 valence electrons. The van der Waals surface area contributed by atoms with Crippen molar-refractivity contribution >= 4 is 43.3 Å². The molecule has 0 heterocycles. The average Bonchev–Trinajstić information content (AvgIpc) is 2.87. The van der Waals surface area contributed by atoms with Crippen molar-refractivity contribution in [2.24, 2.45) is 4.99 Å². The normalized spacial score (nSPS) is 11.8. The van der Waals surface area contributed by atoms with E-state index in [4.69, 9.17) is 4.99 Å². The molecule has 5 rings (SSSR count). The van der Waals surface area contributed by atoms with E-state index >= 15 is 0 Å². The number of benzene rings is 5. The summed E-state index contributed by atoms with van der Waals surface area (Å²) >= 11 is 3.64. The van der Waals surface area contributed by atoms with Gasteiger partial charge in [0.05, 0.1) is 12.4 Å². The number of fused-ring (bicyclic) bond motifs is 2. The summed E-state index contributed by atoms with van der Waals surface area (Å²) in [5.41, 5.74) is 4.75. The number of amidine groups is 1. The molecule has 0 unspecified atom stereocenters. The Balaban J connectivity index is 1.89. The van der Waals surface area contributed by atoms with Gasteiger partial charge in [-0.15, -0.1) is 0 Å². The van der Waals surface area contributed by atoms with Crippen molar-refractivity contribution in [3.8, 4) is 28.0 Å². The minimum Gasteiger partial charge on any atom is -0.507 e. The Hall–Kier alpha value is -3.63. The van der Waals surface area contributed by atoms with E-state index in [1.165, 1.54) is 0 Å². The van der Waals surface area contributed by atoms with Crippen LogP contribution in [-0.2, 0) is 6.54 Å². The molecule has 35 heavy (non-hydrogen) atoms. The van der Waals surface area contributed by atoms with E-state index in [-0.39, 0.29) is 5.75 Å². The topological polar surface area (TPSA) is 35.8 Å². The first kappa shape index (κ1) is 23.1. The molecular formula is C31H27BrN2O. The summed E-state index contributed by atoms with van der Waals surface area (Å²) in [7, 11) is 4.00. The van der Waals surface area contributed by atoms with Crippen LogP contribution in [-0.4, -0.2) is 29.9 Å². The molecule has 0 bridgehead atoms. The molecule has 1 N–H and O–H groups in total. The lowest BCUT2D eigenvalue weighted by atomic mass is 9.86. The van der Waals surface area contributed by atoms with E-state index in [0.29, 0.717) is 6.54 Å². The average molecular weight is 523 g/mol. The molecule has 3 nitrogen and oxygen atoms in total. The highest BCUT2D eigenvalue weighted by atomic mass is 79.9. The largest absolute Gasteiger partial charge is 0.507 e. The Labute approximate surface area is 214 Å². The van der Waals surface area contributed by atoms with Gasteiger partial charge in [0.25, 0.3) is 0 Å². The van der Waals surface area contributed by atoms with Crippen LogP contribution >= 0.6 is 15.9 Å². The van der Waals surface area contributed by atoms with Gasteiger partial charge in [0.1, 0.15) is 5.75 Å². The van der Waals surface area contributed by atoms with Gasteiger partial charge >= 0.3 is 0 Å². The van der Waals surface area contributed by atoms with Crippen molar-refractivity contribution in [3.63, 3.8) is 0 Å². The lowest BCUT2D eigenvalue weighted by molar-refractivity contribution is 0.480. The van der Waals surface area contributed by atoms with Crippen LogP contribution in [0.15, 0.2) is 100 Å². The van der Waals surface area contributed by atoms with Crippen LogP contribution in [0.3, 0.4) is 0 Å². The molecule has 5 aromatic rings. The monoisotopic (exact) mass is 522 g/mol. The third-order valence-corrected chi connectivity index (χ3v) is 7.04. The summed E-state index contributed by atoms with van der Waals surface area (Å²) in [5.74, 6) is 1.25. The predicted octanol–water partition coefficient (Wildman–Crippen LogP) is 8.28. The van der Waals surface area contributed by atoms with Crippen molar-refractivity contribution in [1.29, 1.82) is 0 Å². The summed E-state index contributed by atoms with van der Waals surface area (Å²) in [4.78, 5) is 6.86. The first-order valence-electron chi connectivity index (χ1n) is 11.6. The number of aliphatic imine (C=N–C) groups is 1. The second kappa shape index (κ2) is 9.55. The van der Waals surface area contributed by atoms with E-state index in [2.05, 4.69) is 70.5 Å². The van der Waals surface area contributed by atoms with Gasteiger partial charge < -0.3 is 10.0 Å². The van der Waals surface area contributed by atoms with Gasteiger partial charge in [-0.05, 0) is 63.4 Å². The Morgan fingerprint density at radius 2 is 1.51 bits per heavy atom. The number of rotatable bonds is 4. The summed E-state index contributed by atoms with van der Waals surface area (Å²) in [6, 6.07) is 31.0. The van der Waals surface area contributed by atoms with Gasteiger partial charge in [-0.1, -0.05) is 88.7 Å². The minimum atomic E-state index is 0.289. The van der Waals surface area contributed by atoms with Crippen LogP contribution in [0.2, 0.25) is 0 Å². The number of nitrogens with zero attached hydrogens (tertiary/aromatic N) is 2. The Morgan fingerprint density at radius 3 is 2.29 bits per heavy atom. The Bertz CT molecular complexity index is 1570. The van der Waals surface area contributed by atoms with E-state index in [1.807, 2.05) is 62.3 Å². The van der Waals surface area contributed by atoms with Gasteiger partial charge in [-0.3, -0.25) is 4.99 Å². The van der Waals surface area contributed by atoms with Crippen molar-refractivity contribution in [3.05, 3.63) is 101 Å². The highest BCUT2D eigenvalue weighted by Gasteiger charge is 2.20. The summed E-state index contributed by atoms with van der Waals surface area (Å²) < 4.78 is 1.00. The van der Waals surface area contributed by atoms with Crippen molar-refractivity contribution in [1.82, 2.24) is 4.90 Å². The summed E-state index contributed by atoms with van der Waals surface area (Å²) in [5, 5.41) is 16.2. The molecule has 0 aliphatic rings. The lowest BCUT2D eigenvalue weighted by Gasteiger charge is -2.19. The smallest absolute Gasteiger partial charge is 0.131 e. The molecule has 0 spiro atoms. The number of halogens is 1. The Morgan fingerprint density at radius 1 is 0.800 bits per heavy atom. The van der Waals surface area contributed by atoms with Crippen LogP contribution in [0.4, 0.5) is 0 Å². The van der Waals surface area contributed by atoms with Crippen LogP contribution in [0.1, 0.15) is 12.5 Å². The zero-order chi connectivity index (χ0) is 24.5. The quantitative estimate of drug-likeness (QED) is 0.190. The zero-order valence-corrected chi connectivity index (χ0v) is 21.7. The SMILES string of the molecule is CC(=NCc1ccc2ccccc2c1-c1c(O)c(-c2ccccc2)cc2cc(Br)ccc12)N(C)C. The fourth-order valence-electron chi connectivity index (χ4n) is 4.54. The van der Waals surface area contributed by atoms with Gasteiger partial charge in [0, 0.05) is 29.7 Å². The van der Waals surface area contributed by atoms with Crippen LogP contribution in [0.5, 0.6) is 5.75 Å². The standard InChI is InChI=1S/C31H27BrN2O/c1-20(34(2)3)33-19-23-14-13-22-11-7-8-12-26(22)29(23)30-27-16-15-25(32)17-24(27)18-28(31(30)35)21-9-5-4-6-10-21/h4-18,35H,19H2,1-3H3. The highest BCUT2D eigenvalue weighted by molar-refractivity contribution is 9.10. The number of phenols is 1. The molecule has 0 atom stereocenters. The molecule has 0 saturated heterocycles. The van der Waals surface area contributed by atoms with Crippen molar-refractivity contribution < 1.29 is 5.11 Å². The number of aromatic hydroxyl groups is 1. The van der Waals surface area contributed by atoms with E-state index in [0.717, 1.165) is 59.7 Å². The van der Waals surface area contributed by atoms with Gasteiger partial charge in [-0.2, -0.15) is 0 Å². The maximum absolute atomic E-state index is 11.9. The summed E-state index contributed by atoms with van der Waals surface area (Å²) in [6.07, 6.45) is 0. The molecule has 0 fully saturated rings. The molecular weight excluding hydrogens is 496 g/mol. The van der Waals surface area contributed by atoms with Crippen molar-refractivity contribution in [2.45, 2.75) is 13.5 Å². The van der Waals surface area contributed by atoms with E-state index < -0.39 is 0 Å². The molecule has 0 amide bonds. The molecule has 0 aliphatic heterocycles. The molecule has 0 aromatic heterocycles. The van der Waals surface area contributed by atoms with Crippen molar-refractivity contribution in [2.75, 3.05) is 14.1 Å². The van der Waals surface area contributed by atoms with Gasteiger partial charge in [0.2, 0.25) is 0 Å². The number of hydrogen-bond donors (Lipinski definition) is 1. The maximum Gasteiger partial charge on any atom is 0.131 e. The predicted molar refractivity (Wildman–Crippen MR) is 152 cm³/mol. The minimum absolute atomic E-state index is 0.289. The number of hydrogen-bond acceptors (Lipinski definition) is 2. The van der Waals surface area contributed by atoms with Crippen LogP contribution in [0, 0.1) is 0 Å². The van der Waals surface area contributed by atoms with Gasteiger partial charge in [0.15, 0.2) is 0 Å². The second-order valence-corrected chi connectivity index (χ2v) is 9.87. The zero-order valence-electron chi connectivity index (χ0n) is 20.1. The maximum atomic E-state index is 11.9. The third-order valence-electron chi connectivity index (χ3n) is 6.55. The van der Waals surface area contributed by atoms with Crippen LogP contribution < -0.4 is 0 Å². The first-order chi connectivity index (χ1) is 16.9. The Kier molecular flexibility index (Phi) is 6.31. The van der Waals surface area contributed by atoms with E-state index in [9.17, 15) is 5.11 Å². The fraction of sp³-hybridized carbons (Fsp3) is 0.129. The molecule has 4 heteroatoms. The summed E-state index contributed by atoms with van der Waals surface area (Å²) in [6.45, 7) is 2.54. The molecule has 0 aliphatic carbocycles. The first-order valence-corrected chi connectivity index (χ1v) is 12.4. The van der Waals surface area contributed by atoms with E-state index in [1.54, 1.807) is 0 Å². The molecule has 5 aromatic carbocycles. The molecule has 0 saturated carbocycles. The highest BCUT2D eigenvalue weighted by Crippen LogP contribution is 2.47. The van der Waals surface area contributed by atoms with Crippen LogP contribution in [0.25, 0.3) is 43.8 Å². The number of phenolic OH excluding ortho intramolecular Hbond substituents is 1. The van der Waals surface area contributed by atoms with Gasteiger partial charge in [-0.25, -0.2) is 0 Å². The second-order valence-electron chi connectivity index (χ2n) is 8.96. The lowest BCUT2D eigenvalue weighted by Crippen LogP contribution is -2.18. The fourth-order valence-corrected chi connectivity index (χ4v) is 4.92. The third kappa shape index (κ3) is 4.42.